The van der Waals surface area contributed by atoms with Crippen LogP contribution in [0.3, 0.4) is 0 Å². The molecule has 2 N–H and O–H groups in total. The maximum atomic E-state index is 12.7. The Morgan fingerprint density at radius 1 is 1.25 bits per heavy atom. The summed E-state index contributed by atoms with van der Waals surface area (Å²) in [6.45, 7) is 2.02. The van der Waals surface area contributed by atoms with E-state index in [0.717, 1.165) is 12.0 Å². The van der Waals surface area contributed by atoms with E-state index in [-0.39, 0.29) is 0 Å². The molecule has 0 bridgehead atoms. The fourth-order valence-corrected chi connectivity index (χ4v) is 3.15. The first-order valence-electron chi connectivity index (χ1n) is 8.05. The van der Waals surface area contributed by atoms with Crippen molar-refractivity contribution in [3.8, 4) is 5.75 Å². The summed E-state index contributed by atoms with van der Waals surface area (Å²) in [5.41, 5.74) is 0.378. The number of ether oxygens (including phenoxy) is 1. The number of rotatable bonds is 5. The van der Waals surface area contributed by atoms with Gasteiger partial charge in [-0.25, -0.2) is 0 Å². The maximum Gasteiger partial charge on any atom is 0.262 e. The predicted octanol–water partition coefficient (Wildman–Crippen LogP) is 3.58. The second kappa shape index (κ2) is 6.49. The fourth-order valence-electron chi connectivity index (χ4n) is 3.15. The number of hydrogen-bond donors (Lipinski definition) is 2. The van der Waals surface area contributed by atoms with E-state index in [1.165, 1.54) is 0 Å². The molecule has 2 aromatic rings. The third kappa shape index (κ3) is 2.59. The minimum absolute atomic E-state index is 0.416. The van der Waals surface area contributed by atoms with Crippen LogP contribution in [0.15, 0.2) is 60.7 Å². The Balaban J connectivity index is 2.17. The number of aliphatic hydroxyl groups is 1. The summed E-state index contributed by atoms with van der Waals surface area (Å²) in [5.74, 6) is -0.290. The first-order chi connectivity index (χ1) is 11.6. The molecule has 0 radical (unpaired) electrons. The standard InChI is InChI=1S/C20H21NO3/c1-3-4-10-16(14-8-6-5-7-9-14)20(23)17-13-15(24-2)11-12-18(17)21-19(20)22/h4-13,16,23H,3H2,1-2H3,(H,21,22)/b10-4+/t16-,20+/m0/s1. The maximum absolute atomic E-state index is 12.7. The molecule has 1 aliphatic heterocycles. The van der Waals surface area contributed by atoms with E-state index >= 15 is 0 Å². The highest BCUT2D eigenvalue weighted by Gasteiger charge is 2.51. The molecule has 0 aliphatic carbocycles. The molecule has 1 aliphatic rings. The third-order valence-electron chi connectivity index (χ3n) is 4.40. The predicted molar refractivity (Wildman–Crippen MR) is 94.1 cm³/mol. The topological polar surface area (TPSA) is 58.6 Å². The van der Waals surface area contributed by atoms with Crippen LogP contribution < -0.4 is 10.1 Å². The highest BCUT2D eigenvalue weighted by molar-refractivity contribution is 6.06. The minimum Gasteiger partial charge on any atom is -0.497 e. The minimum atomic E-state index is -1.67. The number of carbonyl (C=O) groups is 1. The Morgan fingerprint density at radius 3 is 2.67 bits per heavy atom. The van der Waals surface area contributed by atoms with Crippen molar-refractivity contribution in [1.29, 1.82) is 0 Å². The third-order valence-corrected chi connectivity index (χ3v) is 4.40. The second-order valence-electron chi connectivity index (χ2n) is 5.86. The smallest absolute Gasteiger partial charge is 0.262 e. The van der Waals surface area contributed by atoms with Gasteiger partial charge in [0.25, 0.3) is 5.91 Å². The summed E-state index contributed by atoms with van der Waals surface area (Å²) in [4.78, 5) is 12.7. The van der Waals surface area contributed by atoms with E-state index in [0.29, 0.717) is 17.0 Å². The summed E-state index contributed by atoms with van der Waals surface area (Å²) < 4.78 is 5.27. The lowest BCUT2D eigenvalue weighted by molar-refractivity contribution is -0.134. The molecular formula is C20H21NO3. The zero-order valence-electron chi connectivity index (χ0n) is 13.8. The number of carbonyl (C=O) groups excluding carboxylic acids is 1. The van der Waals surface area contributed by atoms with E-state index in [2.05, 4.69) is 5.32 Å². The Kier molecular flexibility index (Phi) is 4.40. The van der Waals surface area contributed by atoms with E-state index in [9.17, 15) is 9.90 Å². The number of hydrogen-bond acceptors (Lipinski definition) is 3. The molecule has 0 saturated heterocycles. The van der Waals surface area contributed by atoms with Gasteiger partial charge < -0.3 is 15.2 Å². The van der Waals surface area contributed by atoms with E-state index in [1.807, 2.05) is 49.4 Å². The molecule has 4 nitrogen and oxygen atoms in total. The molecule has 2 atom stereocenters. The summed E-state index contributed by atoms with van der Waals surface area (Å²) in [7, 11) is 1.57. The van der Waals surface area contributed by atoms with Crippen LogP contribution in [0.1, 0.15) is 30.4 Å². The summed E-state index contributed by atoms with van der Waals surface area (Å²) in [6.07, 6.45) is 4.70. The molecule has 1 amide bonds. The average molecular weight is 323 g/mol. The van der Waals surface area contributed by atoms with E-state index < -0.39 is 17.4 Å². The molecule has 124 valence electrons. The normalized spacial score (nSPS) is 20.7. The van der Waals surface area contributed by atoms with Gasteiger partial charge in [-0.05, 0) is 30.2 Å². The highest BCUT2D eigenvalue weighted by atomic mass is 16.5. The molecule has 0 spiro atoms. The molecule has 2 aromatic carbocycles. The van der Waals surface area contributed by atoms with Crippen LogP contribution in [0.4, 0.5) is 5.69 Å². The second-order valence-corrected chi connectivity index (χ2v) is 5.86. The number of fused-ring (bicyclic) bond motifs is 1. The summed E-state index contributed by atoms with van der Waals surface area (Å²) in [6, 6.07) is 14.8. The molecule has 0 saturated carbocycles. The molecule has 0 fully saturated rings. The number of anilines is 1. The Labute approximate surface area is 141 Å². The SMILES string of the molecule is CC/C=C/[C@@H](c1ccccc1)[C@]1(O)C(=O)Nc2ccc(OC)cc21. The van der Waals surface area contributed by atoms with Crippen LogP contribution in [0.5, 0.6) is 5.75 Å². The highest BCUT2D eigenvalue weighted by Crippen LogP contribution is 2.47. The summed E-state index contributed by atoms with van der Waals surface area (Å²) in [5, 5.41) is 14.2. The number of amides is 1. The Morgan fingerprint density at radius 2 is 2.00 bits per heavy atom. The largest absolute Gasteiger partial charge is 0.497 e. The lowest BCUT2D eigenvalue weighted by Crippen LogP contribution is -2.39. The van der Waals surface area contributed by atoms with Gasteiger partial charge in [0.05, 0.1) is 7.11 Å². The number of nitrogens with one attached hydrogen (secondary N) is 1. The van der Waals surface area contributed by atoms with Gasteiger partial charge in [-0.2, -0.15) is 0 Å². The quantitative estimate of drug-likeness (QED) is 0.827. The number of allylic oxidation sites excluding steroid dienone is 1. The van der Waals surface area contributed by atoms with Crippen molar-refractivity contribution in [2.24, 2.45) is 0 Å². The lowest BCUT2D eigenvalue weighted by Gasteiger charge is -2.29. The van der Waals surface area contributed by atoms with Crippen LogP contribution in [0.2, 0.25) is 0 Å². The lowest BCUT2D eigenvalue weighted by atomic mass is 9.77. The van der Waals surface area contributed by atoms with E-state index in [4.69, 9.17) is 4.74 Å². The molecule has 4 heteroatoms. The van der Waals surface area contributed by atoms with Gasteiger partial charge in [-0.3, -0.25) is 4.79 Å². The number of methoxy groups -OCH3 is 1. The van der Waals surface area contributed by atoms with Crippen LogP contribution in [-0.4, -0.2) is 18.1 Å². The summed E-state index contributed by atoms with van der Waals surface area (Å²) >= 11 is 0. The van der Waals surface area contributed by atoms with Crippen molar-refractivity contribution >= 4 is 11.6 Å². The van der Waals surface area contributed by atoms with Gasteiger partial charge in [-0.1, -0.05) is 49.4 Å². The molecule has 3 rings (SSSR count). The van der Waals surface area contributed by atoms with Gasteiger partial charge in [0.15, 0.2) is 5.60 Å². The average Bonchev–Trinajstić information content (AvgIpc) is 2.87. The molecule has 0 aromatic heterocycles. The van der Waals surface area contributed by atoms with Gasteiger partial charge in [0.1, 0.15) is 5.75 Å². The van der Waals surface area contributed by atoms with Crippen molar-refractivity contribution in [2.45, 2.75) is 24.9 Å². The van der Waals surface area contributed by atoms with Crippen LogP contribution in [0.25, 0.3) is 0 Å². The van der Waals surface area contributed by atoms with Crippen molar-refractivity contribution in [3.05, 3.63) is 71.8 Å². The van der Waals surface area contributed by atoms with Gasteiger partial charge in [-0.15, -0.1) is 0 Å². The monoisotopic (exact) mass is 323 g/mol. The Hall–Kier alpha value is -2.59. The van der Waals surface area contributed by atoms with Gasteiger partial charge in [0, 0.05) is 17.2 Å². The van der Waals surface area contributed by atoms with Gasteiger partial charge in [0.2, 0.25) is 0 Å². The van der Waals surface area contributed by atoms with Crippen LogP contribution in [0, 0.1) is 0 Å². The van der Waals surface area contributed by atoms with Crippen molar-refractivity contribution in [1.82, 2.24) is 0 Å². The van der Waals surface area contributed by atoms with Crippen molar-refractivity contribution in [2.75, 3.05) is 12.4 Å². The zero-order chi connectivity index (χ0) is 17.2. The van der Waals surface area contributed by atoms with Crippen LogP contribution in [-0.2, 0) is 10.4 Å². The first kappa shape index (κ1) is 16.3. The Bertz CT molecular complexity index is 770. The van der Waals surface area contributed by atoms with Crippen molar-refractivity contribution < 1.29 is 14.6 Å². The fraction of sp³-hybridized carbons (Fsp3) is 0.250. The van der Waals surface area contributed by atoms with Crippen LogP contribution >= 0.6 is 0 Å². The van der Waals surface area contributed by atoms with E-state index in [1.54, 1.807) is 25.3 Å². The molecule has 24 heavy (non-hydrogen) atoms. The van der Waals surface area contributed by atoms with Crippen molar-refractivity contribution in [3.63, 3.8) is 0 Å². The number of benzene rings is 2. The zero-order valence-corrected chi connectivity index (χ0v) is 13.8. The van der Waals surface area contributed by atoms with Gasteiger partial charge >= 0.3 is 0 Å². The molecular weight excluding hydrogens is 302 g/mol. The first-order valence-corrected chi connectivity index (χ1v) is 8.05. The molecule has 0 unspecified atom stereocenters. The molecule has 1 heterocycles.